The van der Waals surface area contributed by atoms with Gasteiger partial charge in [-0.25, -0.2) is 10.9 Å². The minimum absolute atomic E-state index is 0.235. The van der Waals surface area contributed by atoms with Crippen LogP contribution in [0.15, 0.2) is 79.8 Å². The van der Waals surface area contributed by atoms with Gasteiger partial charge < -0.3 is 9.47 Å². The Balaban J connectivity index is 1.39. The van der Waals surface area contributed by atoms with Crippen LogP contribution in [0.2, 0.25) is 10.0 Å². The molecule has 0 aromatic heterocycles. The van der Waals surface area contributed by atoms with Crippen molar-refractivity contribution >= 4 is 79.3 Å². The molecule has 0 atom stereocenters. The molecule has 0 aliphatic rings. The quantitative estimate of drug-likeness (QED) is 0.220. The number of carbonyl (C=O) groups excluding carboxylic acids is 2. The van der Waals surface area contributed by atoms with E-state index in [-0.39, 0.29) is 13.2 Å². The first-order valence-corrected chi connectivity index (χ1v) is 12.5. The van der Waals surface area contributed by atoms with Gasteiger partial charge >= 0.3 is 0 Å². The molecule has 0 heterocycles. The lowest BCUT2D eigenvalue weighted by atomic mass is 10.2. The molecule has 36 heavy (non-hydrogen) atoms. The van der Waals surface area contributed by atoms with Crippen LogP contribution in [0, 0.1) is 0 Å². The highest BCUT2D eigenvalue weighted by atomic mass is 79.9. The smallest absolute Gasteiger partial charge is 0.277 e. The molecule has 0 saturated heterocycles. The highest BCUT2D eigenvalue weighted by Crippen LogP contribution is 2.28. The zero-order valence-electron chi connectivity index (χ0n) is 18.4. The van der Waals surface area contributed by atoms with Crippen LogP contribution in [0.25, 0.3) is 0 Å². The van der Waals surface area contributed by atoms with Gasteiger partial charge in [-0.1, -0.05) is 79.3 Å². The SMILES string of the molecule is O=C(COc1ccc(Br)cc1Cl)NN=Cc1ccc(C=NNC(=O)COc2ccc(Br)cc2Cl)cc1. The number of nitrogens with one attached hydrogen (secondary N) is 2. The average molecular weight is 657 g/mol. The number of hydrazone groups is 2. The predicted octanol–water partition coefficient (Wildman–Crippen LogP) is 5.58. The summed E-state index contributed by atoms with van der Waals surface area (Å²) in [5.41, 5.74) is 6.25. The lowest BCUT2D eigenvalue weighted by molar-refractivity contribution is -0.123. The summed E-state index contributed by atoms with van der Waals surface area (Å²) in [5.74, 6) is -0.0739. The van der Waals surface area contributed by atoms with E-state index in [9.17, 15) is 9.59 Å². The third-order valence-corrected chi connectivity index (χ3v) is 5.82. The second-order valence-corrected chi connectivity index (χ2v) is 9.63. The number of benzene rings is 3. The largest absolute Gasteiger partial charge is 0.482 e. The van der Waals surface area contributed by atoms with Gasteiger partial charge in [-0.05, 0) is 47.5 Å². The second-order valence-electron chi connectivity index (χ2n) is 6.98. The number of nitrogens with zero attached hydrogens (tertiary/aromatic N) is 2. The Hall–Kier alpha value is -2.92. The number of amides is 2. The highest BCUT2D eigenvalue weighted by Gasteiger charge is 2.07. The molecular formula is C24H18Br2Cl2N4O4. The first-order chi connectivity index (χ1) is 17.3. The average Bonchev–Trinajstić information content (AvgIpc) is 2.84. The lowest BCUT2D eigenvalue weighted by Gasteiger charge is -2.07. The number of hydrogen-bond acceptors (Lipinski definition) is 6. The molecule has 0 unspecified atom stereocenters. The Kier molecular flexibility index (Phi) is 10.7. The molecule has 0 aliphatic heterocycles. The molecule has 3 aromatic rings. The molecule has 0 bridgehead atoms. The maximum atomic E-state index is 11.9. The first-order valence-electron chi connectivity index (χ1n) is 10.2. The van der Waals surface area contributed by atoms with Gasteiger partial charge in [0.15, 0.2) is 13.2 Å². The van der Waals surface area contributed by atoms with Crippen molar-refractivity contribution in [3.05, 3.63) is 90.8 Å². The highest BCUT2D eigenvalue weighted by molar-refractivity contribution is 9.10. The number of rotatable bonds is 10. The van der Waals surface area contributed by atoms with Crippen LogP contribution in [0.1, 0.15) is 11.1 Å². The topological polar surface area (TPSA) is 101 Å². The fourth-order valence-electron chi connectivity index (χ4n) is 2.56. The fraction of sp³-hybridized carbons (Fsp3) is 0.0833. The molecular weight excluding hydrogens is 639 g/mol. The van der Waals surface area contributed by atoms with Crippen LogP contribution in [0.4, 0.5) is 0 Å². The van der Waals surface area contributed by atoms with Crippen molar-refractivity contribution in [2.24, 2.45) is 10.2 Å². The van der Waals surface area contributed by atoms with Crippen LogP contribution in [-0.2, 0) is 9.59 Å². The molecule has 0 radical (unpaired) electrons. The van der Waals surface area contributed by atoms with E-state index >= 15 is 0 Å². The fourth-order valence-corrected chi connectivity index (χ4v) is 4.02. The summed E-state index contributed by atoms with van der Waals surface area (Å²) < 4.78 is 12.4. The summed E-state index contributed by atoms with van der Waals surface area (Å²) in [7, 11) is 0. The zero-order valence-corrected chi connectivity index (χ0v) is 23.1. The van der Waals surface area contributed by atoms with Crippen molar-refractivity contribution < 1.29 is 19.1 Å². The van der Waals surface area contributed by atoms with Crippen molar-refractivity contribution in [2.75, 3.05) is 13.2 Å². The minimum Gasteiger partial charge on any atom is -0.482 e. The Morgan fingerprint density at radius 2 is 1.11 bits per heavy atom. The van der Waals surface area contributed by atoms with Crippen LogP contribution >= 0.6 is 55.1 Å². The summed E-state index contributed by atoms with van der Waals surface area (Å²) in [5, 5.41) is 8.58. The third-order valence-electron chi connectivity index (χ3n) is 4.25. The molecule has 0 spiro atoms. The van der Waals surface area contributed by atoms with Gasteiger partial charge in [-0.3, -0.25) is 9.59 Å². The zero-order chi connectivity index (χ0) is 25.9. The van der Waals surface area contributed by atoms with Gasteiger partial charge in [0.2, 0.25) is 0 Å². The van der Waals surface area contributed by atoms with Crippen molar-refractivity contribution in [3.8, 4) is 11.5 Å². The van der Waals surface area contributed by atoms with E-state index in [1.807, 2.05) is 0 Å². The van der Waals surface area contributed by atoms with E-state index in [1.165, 1.54) is 12.4 Å². The van der Waals surface area contributed by atoms with Gasteiger partial charge in [0.1, 0.15) is 11.5 Å². The standard InChI is InChI=1S/C24H18Br2Cl2N4O4/c25-17-5-7-21(19(27)9-17)35-13-23(33)31-29-11-15-1-2-16(4-3-15)12-30-32-24(34)14-36-22-8-6-18(26)10-20(22)28/h1-12H,13-14H2,(H,31,33)(H,32,34). The van der Waals surface area contributed by atoms with Crippen LogP contribution in [0.3, 0.4) is 0 Å². The number of carbonyl (C=O) groups is 2. The van der Waals surface area contributed by atoms with Crippen molar-refractivity contribution in [3.63, 3.8) is 0 Å². The molecule has 0 saturated carbocycles. The number of hydrogen-bond donors (Lipinski definition) is 2. The molecule has 2 amide bonds. The molecule has 0 fully saturated rings. The normalized spacial score (nSPS) is 11.0. The molecule has 3 rings (SSSR count). The summed E-state index contributed by atoms with van der Waals surface area (Å²) in [4.78, 5) is 23.8. The molecule has 2 N–H and O–H groups in total. The third kappa shape index (κ3) is 9.27. The summed E-state index contributed by atoms with van der Waals surface area (Å²) in [6, 6.07) is 17.3. The van der Waals surface area contributed by atoms with E-state index in [1.54, 1.807) is 60.7 Å². The Labute approximate surface area is 233 Å². The monoisotopic (exact) mass is 654 g/mol. The van der Waals surface area contributed by atoms with E-state index < -0.39 is 11.8 Å². The first kappa shape index (κ1) is 27.7. The van der Waals surface area contributed by atoms with Crippen LogP contribution in [0.5, 0.6) is 11.5 Å². The summed E-state index contributed by atoms with van der Waals surface area (Å²) in [6.07, 6.45) is 2.97. The number of halogens is 4. The summed E-state index contributed by atoms with van der Waals surface area (Å²) >= 11 is 18.7. The second kappa shape index (κ2) is 14.0. The van der Waals surface area contributed by atoms with Crippen molar-refractivity contribution in [2.45, 2.75) is 0 Å². The molecule has 186 valence electrons. The van der Waals surface area contributed by atoms with Crippen molar-refractivity contribution in [1.82, 2.24) is 10.9 Å². The van der Waals surface area contributed by atoms with Gasteiger partial charge in [-0.15, -0.1) is 0 Å². The van der Waals surface area contributed by atoms with E-state index in [4.69, 9.17) is 32.7 Å². The Morgan fingerprint density at radius 1 is 0.722 bits per heavy atom. The molecule has 0 aliphatic carbocycles. The van der Waals surface area contributed by atoms with Gasteiger partial charge in [0.05, 0.1) is 22.5 Å². The Morgan fingerprint density at radius 3 is 1.47 bits per heavy atom. The maximum absolute atomic E-state index is 11.9. The van der Waals surface area contributed by atoms with Gasteiger partial charge in [0.25, 0.3) is 11.8 Å². The minimum atomic E-state index is -0.434. The van der Waals surface area contributed by atoms with Crippen LogP contribution < -0.4 is 20.3 Å². The molecule has 8 nitrogen and oxygen atoms in total. The predicted molar refractivity (Wildman–Crippen MR) is 147 cm³/mol. The maximum Gasteiger partial charge on any atom is 0.277 e. The van der Waals surface area contributed by atoms with Crippen molar-refractivity contribution in [1.29, 1.82) is 0 Å². The van der Waals surface area contributed by atoms with Crippen LogP contribution in [-0.4, -0.2) is 37.5 Å². The summed E-state index contributed by atoms with van der Waals surface area (Å²) in [6.45, 7) is -0.470. The lowest BCUT2D eigenvalue weighted by Crippen LogP contribution is -2.24. The van der Waals surface area contributed by atoms with Gasteiger partial charge in [0, 0.05) is 8.95 Å². The van der Waals surface area contributed by atoms with E-state index in [0.29, 0.717) is 21.5 Å². The van der Waals surface area contributed by atoms with Gasteiger partial charge in [-0.2, -0.15) is 10.2 Å². The van der Waals surface area contributed by atoms with E-state index in [2.05, 4.69) is 52.9 Å². The number of ether oxygens (including phenoxy) is 2. The molecule has 3 aromatic carbocycles. The van der Waals surface area contributed by atoms with E-state index in [0.717, 1.165) is 20.1 Å². The Bertz CT molecular complexity index is 1190. The molecule has 12 heteroatoms.